The molecule has 172 valence electrons. The van der Waals surface area contributed by atoms with Crippen molar-refractivity contribution in [2.24, 2.45) is 0 Å². The van der Waals surface area contributed by atoms with Crippen LogP contribution in [0.25, 0.3) is 0 Å². The van der Waals surface area contributed by atoms with Gasteiger partial charge in [-0.1, -0.05) is 6.42 Å². The van der Waals surface area contributed by atoms with Crippen LogP contribution < -0.4 is 10.2 Å². The van der Waals surface area contributed by atoms with Crippen LogP contribution in [-0.2, 0) is 22.4 Å². The van der Waals surface area contributed by atoms with Crippen molar-refractivity contribution in [2.75, 3.05) is 29.9 Å². The summed E-state index contributed by atoms with van der Waals surface area (Å²) in [7, 11) is 0. The van der Waals surface area contributed by atoms with Crippen molar-refractivity contribution in [1.82, 2.24) is 0 Å². The van der Waals surface area contributed by atoms with E-state index in [4.69, 9.17) is 4.74 Å². The smallest absolute Gasteiger partial charge is 0.338 e. The molecule has 1 saturated heterocycles. The van der Waals surface area contributed by atoms with Crippen LogP contribution in [0.2, 0.25) is 0 Å². The molecule has 1 aromatic carbocycles. The Balaban J connectivity index is 1.41. The van der Waals surface area contributed by atoms with Gasteiger partial charge >= 0.3 is 5.97 Å². The lowest BCUT2D eigenvalue weighted by Gasteiger charge is -2.17. The number of anilines is 2. The van der Waals surface area contributed by atoms with Gasteiger partial charge in [-0.3, -0.25) is 14.9 Å². The number of nitro groups is 1. The first-order chi connectivity index (χ1) is 16.0. The highest BCUT2D eigenvalue weighted by Crippen LogP contribution is 2.37. The molecule has 0 spiro atoms. The largest absolute Gasteiger partial charge is 0.452 e. The van der Waals surface area contributed by atoms with E-state index in [0.29, 0.717) is 16.3 Å². The van der Waals surface area contributed by atoms with Crippen LogP contribution in [0.1, 0.15) is 58.5 Å². The number of fused-ring (bicyclic) bond motifs is 1. The number of esters is 1. The molecule has 1 fully saturated rings. The Morgan fingerprint density at radius 3 is 2.67 bits per heavy atom. The fourth-order valence-corrected chi connectivity index (χ4v) is 5.60. The van der Waals surface area contributed by atoms with Gasteiger partial charge < -0.3 is 15.0 Å². The molecular weight excluding hydrogens is 444 g/mol. The number of carbonyl (C=O) groups is 2. The van der Waals surface area contributed by atoms with Gasteiger partial charge in [0, 0.05) is 24.0 Å². The van der Waals surface area contributed by atoms with E-state index in [-0.39, 0.29) is 11.3 Å². The third-order valence-corrected chi connectivity index (χ3v) is 7.18. The number of amides is 1. The van der Waals surface area contributed by atoms with Crippen molar-refractivity contribution in [3.8, 4) is 6.07 Å². The molecule has 0 atom stereocenters. The molecule has 0 saturated carbocycles. The predicted molar refractivity (Wildman–Crippen MR) is 124 cm³/mol. The van der Waals surface area contributed by atoms with Gasteiger partial charge in [0.05, 0.1) is 16.1 Å². The normalized spacial score (nSPS) is 15.3. The lowest BCUT2D eigenvalue weighted by Crippen LogP contribution is -2.21. The molecule has 9 nitrogen and oxygen atoms in total. The minimum atomic E-state index is -0.816. The molecule has 1 aliphatic carbocycles. The quantitative estimate of drug-likeness (QED) is 0.291. The Labute approximate surface area is 195 Å². The second-order valence-corrected chi connectivity index (χ2v) is 9.26. The van der Waals surface area contributed by atoms with Crippen molar-refractivity contribution < 1.29 is 19.2 Å². The van der Waals surface area contributed by atoms with Gasteiger partial charge in [0.2, 0.25) is 0 Å². The summed E-state index contributed by atoms with van der Waals surface area (Å²) >= 11 is 1.40. The molecule has 2 heterocycles. The maximum absolute atomic E-state index is 12.4. The van der Waals surface area contributed by atoms with Crippen LogP contribution in [-0.4, -0.2) is 36.5 Å². The highest BCUT2D eigenvalue weighted by atomic mass is 32.1. The first-order valence-corrected chi connectivity index (χ1v) is 11.8. The molecule has 0 unspecified atom stereocenters. The predicted octanol–water partition coefficient (Wildman–Crippen LogP) is 4.19. The van der Waals surface area contributed by atoms with Crippen LogP contribution in [0.5, 0.6) is 0 Å². The van der Waals surface area contributed by atoms with Gasteiger partial charge in [0.15, 0.2) is 6.61 Å². The molecular formula is C23H24N4O5S. The first kappa shape index (κ1) is 22.7. The number of hydrogen-bond donors (Lipinski definition) is 1. The zero-order valence-corrected chi connectivity index (χ0v) is 18.9. The maximum Gasteiger partial charge on any atom is 0.338 e. The number of nitriles is 1. The zero-order valence-electron chi connectivity index (χ0n) is 18.1. The number of hydrogen-bond acceptors (Lipinski definition) is 8. The zero-order chi connectivity index (χ0) is 23.4. The summed E-state index contributed by atoms with van der Waals surface area (Å²) < 4.78 is 5.09. The summed E-state index contributed by atoms with van der Waals surface area (Å²) in [5.41, 5.74) is 1.84. The summed E-state index contributed by atoms with van der Waals surface area (Å²) in [6.45, 7) is 0.928. The number of carbonyl (C=O) groups excluding carboxylic acids is 2. The molecule has 10 heteroatoms. The second kappa shape index (κ2) is 10.0. The van der Waals surface area contributed by atoms with Crippen LogP contribution in [0.3, 0.4) is 0 Å². The van der Waals surface area contributed by atoms with E-state index in [2.05, 4.69) is 11.4 Å². The van der Waals surface area contributed by atoms with Gasteiger partial charge in [-0.05, 0) is 56.2 Å². The second-order valence-electron chi connectivity index (χ2n) is 8.16. The van der Waals surface area contributed by atoms with Crippen molar-refractivity contribution in [2.45, 2.75) is 44.9 Å². The lowest BCUT2D eigenvalue weighted by atomic mass is 10.1. The lowest BCUT2D eigenvalue weighted by molar-refractivity contribution is -0.384. The van der Waals surface area contributed by atoms with Gasteiger partial charge in [-0.25, -0.2) is 4.79 Å². The van der Waals surface area contributed by atoms with Crippen LogP contribution in [0.4, 0.5) is 16.4 Å². The number of thiophene rings is 1. The molecule has 2 aromatic rings. The van der Waals surface area contributed by atoms with E-state index < -0.39 is 23.4 Å². The highest BCUT2D eigenvalue weighted by molar-refractivity contribution is 7.16. The third-order valence-electron chi connectivity index (χ3n) is 5.97. The summed E-state index contributed by atoms with van der Waals surface area (Å²) in [6, 6.07) is 6.42. The molecule has 0 bridgehead atoms. The molecule has 1 aromatic heterocycles. The Morgan fingerprint density at radius 2 is 1.94 bits per heavy atom. The minimum Gasteiger partial charge on any atom is -0.452 e. The number of ether oxygens (including phenoxy) is 1. The number of rotatable bonds is 6. The number of nitrogens with one attached hydrogen (secondary N) is 1. The summed E-state index contributed by atoms with van der Waals surface area (Å²) in [5.74, 6) is -1.37. The summed E-state index contributed by atoms with van der Waals surface area (Å²) in [5, 5.41) is 24.3. The van der Waals surface area contributed by atoms with Gasteiger partial charge in [-0.2, -0.15) is 5.26 Å². The van der Waals surface area contributed by atoms with E-state index in [1.54, 1.807) is 6.07 Å². The number of aryl methyl sites for hydroxylation is 1. The van der Waals surface area contributed by atoms with E-state index in [0.717, 1.165) is 68.5 Å². The maximum atomic E-state index is 12.4. The molecule has 1 amide bonds. The average Bonchev–Trinajstić information content (AvgIpc) is 3.39. The molecule has 4 rings (SSSR count). The molecule has 33 heavy (non-hydrogen) atoms. The highest BCUT2D eigenvalue weighted by Gasteiger charge is 2.25. The van der Waals surface area contributed by atoms with E-state index >= 15 is 0 Å². The topological polar surface area (TPSA) is 126 Å². The first-order valence-electron chi connectivity index (χ1n) is 11.0. The van der Waals surface area contributed by atoms with E-state index in [1.165, 1.54) is 23.5 Å². The van der Waals surface area contributed by atoms with E-state index in [9.17, 15) is 25.0 Å². The number of benzene rings is 1. The fraction of sp³-hybridized carbons (Fsp3) is 0.435. The van der Waals surface area contributed by atoms with Crippen LogP contribution >= 0.6 is 11.3 Å². The van der Waals surface area contributed by atoms with Gasteiger partial charge in [-0.15, -0.1) is 11.3 Å². The Kier molecular flexibility index (Phi) is 6.89. The number of nitrogens with zero attached hydrogens (tertiary/aromatic N) is 3. The van der Waals surface area contributed by atoms with Crippen molar-refractivity contribution in [1.29, 1.82) is 5.26 Å². The SMILES string of the molecule is N#Cc1c(NC(=O)COC(=O)c2ccc(N3CCCC3)c([N+](=O)[O-])c2)sc2c1CCCCC2. The Bertz CT molecular complexity index is 1130. The molecule has 1 N–H and O–H groups in total. The van der Waals surface area contributed by atoms with Crippen LogP contribution in [0.15, 0.2) is 18.2 Å². The van der Waals surface area contributed by atoms with Crippen molar-refractivity contribution >= 4 is 39.6 Å². The standard InChI is InChI=1S/C23H24N4O5S/c24-13-17-16-6-2-1-3-7-20(16)33-22(17)25-21(28)14-32-23(29)15-8-9-18(19(12-15)27(30)31)26-10-4-5-11-26/h8-9,12H,1-7,10-11,14H2,(H,25,28). The van der Waals surface area contributed by atoms with Crippen LogP contribution in [0, 0.1) is 21.4 Å². The minimum absolute atomic E-state index is 0.0120. The average molecular weight is 469 g/mol. The monoisotopic (exact) mass is 468 g/mol. The summed E-state index contributed by atoms with van der Waals surface area (Å²) in [6.07, 6.45) is 6.87. The molecule has 0 radical (unpaired) electrons. The molecule has 1 aliphatic heterocycles. The van der Waals surface area contributed by atoms with Crippen molar-refractivity contribution in [3.05, 3.63) is 49.9 Å². The Morgan fingerprint density at radius 1 is 1.18 bits per heavy atom. The van der Waals surface area contributed by atoms with Crippen molar-refractivity contribution in [3.63, 3.8) is 0 Å². The number of nitro benzene ring substituents is 1. The third kappa shape index (κ3) is 4.98. The fourth-order valence-electron chi connectivity index (χ4n) is 4.35. The summed E-state index contributed by atoms with van der Waals surface area (Å²) in [4.78, 5) is 38.9. The van der Waals surface area contributed by atoms with Gasteiger partial charge in [0.1, 0.15) is 16.8 Å². The Hall–Kier alpha value is -3.45. The van der Waals surface area contributed by atoms with E-state index in [1.807, 2.05) is 4.90 Å². The molecule has 2 aliphatic rings. The van der Waals surface area contributed by atoms with Gasteiger partial charge in [0.25, 0.3) is 11.6 Å².